The lowest BCUT2D eigenvalue weighted by Crippen LogP contribution is -1.85. The summed E-state index contributed by atoms with van der Waals surface area (Å²) in [5.74, 6) is 0. The van der Waals surface area contributed by atoms with Crippen molar-refractivity contribution >= 4 is 21.4 Å². The second-order valence-corrected chi connectivity index (χ2v) is 3.20. The van der Waals surface area contributed by atoms with Crippen molar-refractivity contribution in [1.29, 1.82) is 0 Å². The monoisotopic (exact) mass is 208 g/mol. The molecule has 0 aliphatic heterocycles. The van der Waals surface area contributed by atoms with Crippen LogP contribution in [0, 0.1) is 0 Å². The van der Waals surface area contributed by atoms with E-state index in [-0.39, 0.29) is 0 Å². The van der Waals surface area contributed by atoms with Gasteiger partial charge in [0.25, 0.3) is 0 Å². The zero-order valence-corrected chi connectivity index (χ0v) is 8.88. The summed E-state index contributed by atoms with van der Waals surface area (Å²) >= 11 is 0. The Morgan fingerprint density at radius 2 is 1.86 bits per heavy atom. The van der Waals surface area contributed by atoms with Crippen LogP contribution in [0.1, 0.15) is 16.7 Å². The fourth-order valence-electron chi connectivity index (χ4n) is 1.22. The van der Waals surface area contributed by atoms with Crippen molar-refractivity contribution in [2.45, 2.75) is 6.16 Å². The lowest BCUT2D eigenvalue weighted by atomic mass is 10.0. The summed E-state index contributed by atoms with van der Waals surface area (Å²) in [6, 6.07) is 5.79. The Balaban J connectivity index is 3.13. The Morgan fingerprint density at radius 1 is 1.14 bits per heavy atom. The molecule has 1 rings (SSSR count). The van der Waals surface area contributed by atoms with Gasteiger partial charge in [0.15, 0.2) is 0 Å². The predicted molar refractivity (Wildman–Crippen MR) is 63.2 cm³/mol. The molecule has 1 unspecified atom stereocenters. The third kappa shape index (κ3) is 2.61. The minimum atomic E-state index is 0.836. The first-order valence-electron chi connectivity index (χ1n) is 4.26. The third-order valence-corrected chi connectivity index (χ3v) is 2.35. The largest absolute Gasteiger partial charge is 0.516 e. The molecule has 0 amide bonds. The average Bonchev–Trinajstić information content (AvgIpc) is 2.19. The van der Waals surface area contributed by atoms with Crippen molar-refractivity contribution in [1.82, 2.24) is 0 Å². The van der Waals surface area contributed by atoms with Crippen LogP contribution in [0.2, 0.25) is 0 Å². The predicted octanol–water partition coefficient (Wildman–Crippen LogP) is 3.12. The summed E-state index contributed by atoms with van der Waals surface area (Å²) in [7, 11) is 2.64. The maximum atomic E-state index is 8.71. The molecule has 1 atom stereocenters. The van der Waals surface area contributed by atoms with E-state index in [1.54, 1.807) is 12.2 Å². The van der Waals surface area contributed by atoms with Crippen LogP contribution in [0.3, 0.4) is 0 Å². The van der Waals surface area contributed by atoms with E-state index in [0.717, 1.165) is 35.4 Å². The first kappa shape index (κ1) is 10.8. The smallest absolute Gasteiger partial charge is 0.0797 e. The van der Waals surface area contributed by atoms with Crippen molar-refractivity contribution in [3.63, 3.8) is 0 Å². The number of hydrogen-bond acceptors (Lipinski definition) is 2. The summed E-state index contributed by atoms with van der Waals surface area (Å²) in [5.41, 5.74) is 3.00. The minimum absolute atomic E-state index is 0.836. The third-order valence-electron chi connectivity index (χ3n) is 1.91. The van der Waals surface area contributed by atoms with E-state index in [1.807, 2.05) is 18.2 Å². The van der Waals surface area contributed by atoms with Gasteiger partial charge >= 0.3 is 0 Å². The molecule has 74 valence electrons. The highest BCUT2D eigenvalue weighted by Gasteiger charge is 1.98. The molecule has 0 radical (unpaired) electrons. The summed E-state index contributed by atoms with van der Waals surface area (Å²) in [4.78, 5) is 0. The molecule has 0 spiro atoms. The van der Waals surface area contributed by atoms with Crippen LogP contribution in [0.5, 0.6) is 0 Å². The second-order valence-electron chi connectivity index (χ2n) is 2.79. The van der Waals surface area contributed by atoms with Gasteiger partial charge in [0.2, 0.25) is 0 Å². The molecule has 0 saturated carbocycles. The van der Waals surface area contributed by atoms with Crippen LogP contribution < -0.4 is 0 Å². The van der Waals surface area contributed by atoms with Gasteiger partial charge in [-0.05, 0) is 41.1 Å². The van der Waals surface area contributed by atoms with E-state index in [4.69, 9.17) is 10.2 Å². The fourth-order valence-corrected chi connectivity index (χ4v) is 1.60. The second kappa shape index (κ2) is 5.46. The normalized spacial score (nSPS) is 11.5. The minimum Gasteiger partial charge on any atom is -0.516 e. The molecule has 0 aliphatic carbocycles. The average molecular weight is 208 g/mol. The summed E-state index contributed by atoms with van der Waals surface area (Å²) in [5, 5.41) is 17.3. The van der Waals surface area contributed by atoms with Crippen LogP contribution in [0.15, 0.2) is 30.7 Å². The maximum absolute atomic E-state index is 8.71. The van der Waals surface area contributed by atoms with E-state index >= 15 is 0 Å². The van der Waals surface area contributed by atoms with Crippen LogP contribution in [0.4, 0.5) is 0 Å². The Morgan fingerprint density at radius 3 is 2.43 bits per heavy atom. The van der Waals surface area contributed by atoms with Gasteiger partial charge in [-0.25, -0.2) is 0 Å². The Labute approximate surface area is 85.8 Å². The molecule has 0 heterocycles. The van der Waals surface area contributed by atoms with Gasteiger partial charge in [-0.15, -0.1) is 9.24 Å². The van der Waals surface area contributed by atoms with Gasteiger partial charge in [-0.1, -0.05) is 12.1 Å². The van der Waals surface area contributed by atoms with E-state index < -0.39 is 0 Å². The van der Waals surface area contributed by atoms with Gasteiger partial charge < -0.3 is 10.2 Å². The summed E-state index contributed by atoms with van der Waals surface area (Å²) < 4.78 is 0. The quantitative estimate of drug-likeness (QED) is 0.591. The molecule has 0 saturated heterocycles. The van der Waals surface area contributed by atoms with Crippen molar-refractivity contribution in [3.05, 3.63) is 47.4 Å². The van der Waals surface area contributed by atoms with Crippen molar-refractivity contribution in [3.8, 4) is 0 Å². The SMILES string of the molecule is O/C=C/c1ccc(CP)c(/C=C/O)c1. The Bertz CT molecular complexity index is 356. The van der Waals surface area contributed by atoms with Gasteiger partial charge in [-0.3, -0.25) is 0 Å². The van der Waals surface area contributed by atoms with E-state index in [9.17, 15) is 0 Å². The number of aliphatic hydroxyl groups excluding tert-OH is 2. The Kier molecular flexibility index (Phi) is 4.21. The molecule has 0 fully saturated rings. The number of benzene rings is 1. The molecule has 0 bridgehead atoms. The Hall–Kier alpha value is -1.27. The molecule has 2 nitrogen and oxygen atoms in total. The number of rotatable bonds is 3. The number of aliphatic hydroxyl groups is 2. The van der Waals surface area contributed by atoms with Crippen molar-refractivity contribution < 1.29 is 10.2 Å². The van der Waals surface area contributed by atoms with Crippen LogP contribution in [0.25, 0.3) is 12.2 Å². The molecular weight excluding hydrogens is 195 g/mol. The van der Waals surface area contributed by atoms with Gasteiger partial charge in [-0.2, -0.15) is 0 Å². The van der Waals surface area contributed by atoms with Gasteiger partial charge in [0.05, 0.1) is 12.5 Å². The highest BCUT2D eigenvalue weighted by Crippen LogP contribution is 2.17. The first-order chi connectivity index (χ1) is 6.81. The molecule has 1 aromatic carbocycles. The molecule has 2 N–H and O–H groups in total. The van der Waals surface area contributed by atoms with Crippen molar-refractivity contribution in [2.75, 3.05) is 0 Å². The maximum Gasteiger partial charge on any atom is 0.0797 e. The van der Waals surface area contributed by atoms with E-state index in [2.05, 4.69) is 9.24 Å². The lowest BCUT2D eigenvalue weighted by molar-refractivity contribution is 0.478. The molecular formula is C11H13O2P. The molecule has 14 heavy (non-hydrogen) atoms. The zero-order valence-electron chi connectivity index (χ0n) is 7.72. The van der Waals surface area contributed by atoms with E-state index in [0.29, 0.717) is 0 Å². The highest BCUT2D eigenvalue weighted by atomic mass is 31.0. The van der Waals surface area contributed by atoms with Gasteiger partial charge in [0, 0.05) is 0 Å². The lowest BCUT2D eigenvalue weighted by Gasteiger charge is -2.03. The standard InChI is InChI=1S/C11H13O2P/c12-5-3-9-1-2-11(8-14)10(7-9)4-6-13/h1-7,12-13H,8,14H2/b5-3+,6-4+. The molecule has 0 aliphatic rings. The van der Waals surface area contributed by atoms with Crippen LogP contribution in [-0.4, -0.2) is 10.2 Å². The van der Waals surface area contributed by atoms with E-state index in [1.165, 1.54) is 0 Å². The van der Waals surface area contributed by atoms with Crippen molar-refractivity contribution in [2.24, 2.45) is 0 Å². The molecule has 3 heteroatoms. The van der Waals surface area contributed by atoms with Crippen LogP contribution in [-0.2, 0) is 6.16 Å². The summed E-state index contributed by atoms with van der Waals surface area (Å²) in [6.45, 7) is 0. The highest BCUT2D eigenvalue weighted by molar-refractivity contribution is 7.15. The number of hydrogen-bond donors (Lipinski definition) is 2. The molecule has 0 aromatic heterocycles. The molecule has 1 aromatic rings. The van der Waals surface area contributed by atoms with Crippen LogP contribution >= 0.6 is 9.24 Å². The zero-order chi connectivity index (χ0) is 10.4. The topological polar surface area (TPSA) is 40.5 Å². The van der Waals surface area contributed by atoms with Gasteiger partial charge in [0.1, 0.15) is 0 Å². The fraction of sp³-hybridized carbons (Fsp3) is 0.0909. The first-order valence-corrected chi connectivity index (χ1v) is 5.08. The summed E-state index contributed by atoms with van der Waals surface area (Å²) in [6.07, 6.45) is 6.09.